The van der Waals surface area contributed by atoms with Crippen molar-refractivity contribution < 1.29 is 191 Å². The van der Waals surface area contributed by atoms with E-state index in [0.717, 1.165) is 0 Å². The number of halogens is 39. The predicted molar refractivity (Wildman–Crippen MR) is 101 cm³/mol. The number of alkyl halides is 39. The van der Waals surface area contributed by atoms with Crippen LogP contribution in [0.25, 0.3) is 0 Å². The molecule has 0 aromatic carbocycles. The summed E-state index contributed by atoms with van der Waals surface area (Å²) in [4.78, 5) is 0. The van der Waals surface area contributed by atoms with Crippen LogP contribution < -0.4 is 0 Å². The molecule has 0 fully saturated rings. The summed E-state index contributed by atoms with van der Waals surface area (Å²) in [5.41, 5.74) is -10.4. The van der Waals surface area contributed by atoms with Crippen LogP contribution in [0.2, 0.25) is 0 Å². The summed E-state index contributed by atoms with van der Waals surface area (Å²) in [5.74, 6) is -88.2. The van der Waals surface area contributed by atoms with E-state index in [0.29, 0.717) is 14.2 Å². The molecule has 4 nitrogen and oxygen atoms in total. The Morgan fingerprint density at radius 3 is 0.629 bits per heavy atom. The summed E-state index contributed by atoms with van der Waals surface area (Å²) in [6, 6.07) is 0. The second-order valence-electron chi connectivity index (χ2n) is 10.8. The lowest BCUT2D eigenvalue weighted by Gasteiger charge is -2.50. The van der Waals surface area contributed by atoms with Crippen molar-refractivity contribution in [1.29, 1.82) is 0 Å². The van der Waals surface area contributed by atoms with Gasteiger partial charge in [-0.05, 0) is 0 Å². The highest BCUT2D eigenvalue weighted by molar-refractivity contribution is 5.22. The molecule has 0 saturated carbocycles. The number of hydrogen-bond donors (Lipinski definition) is 1. The zero-order valence-corrected chi connectivity index (χ0v) is 25.9. The predicted octanol–water partition coefficient (Wildman–Crippen LogP) is 11.7. The van der Waals surface area contributed by atoms with Crippen molar-refractivity contribution in [2.45, 2.75) is 114 Å². The highest BCUT2D eigenvalue weighted by Gasteiger charge is 3.00. The lowest BCUT2D eigenvalue weighted by Crippen LogP contribution is -2.83. The number of ether oxygens (including phenoxy) is 3. The van der Waals surface area contributed by atoms with Crippen LogP contribution >= 0.6 is 0 Å². The van der Waals surface area contributed by atoms with Gasteiger partial charge in [-0.15, -0.1) is 0 Å². The van der Waals surface area contributed by atoms with Crippen molar-refractivity contribution in [2.75, 3.05) is 0 Å². The van der Waals surface area contributed by atoms with Crippen molar-refractivity contribution >= 4 is 0 Å². The van der Waals surface area contributed by atoms with Gasteiger partial charge in [-0.2, -0.15) is 171 Å². The molecule has 0 aliphatic carbocycles. The first kappa shape index (κ1) is 59.1. The summed E-state index contributed by atoms with van der Waals surface area (Å²) in [6.45, 7) is 0. The molecule has 0 aliphatic rings. The normalized spacial score (nSPS) is 20.3. The summed E-state index contributed by atoms with van der Waals surface area (Å²) < 4.78 is 525. The maximum Gasteiger partial charge on any atom is 0.462 e. The second-order valence-corrected chi connectivity index (χ2v) is 10.8. The minimum atomic E-state index is -10.5. The van der Waals surface area contributed by atoms with Crippen LogP contribution in [0.3, 0.4) is 0 Å². The Balaban J connectivity index is 8.58. The number of hydrogen-bond acceptors (Lipinski definition) is 4. The smallest absolute Gasteiger partial charge is 0.371 e. The highest BCUT2D eigenvalue weighted by atomic mass is 19.5. The van der Waals surface area contributed by atoms with E-state index >= 15 is 0 Å². The summed E-state index contributed by atoms with van der Waals surface area (Å²) in [7, 11) is 0. The minimum absolute atomic E-state index is 0.435. The Kier molecular flexibility index (Phi) is 13.9. The van der Waals surface area contributed by atoms with E-state index in [4.69, 9.17) is 5.11 Å². The number of rotatable bonds is 15. The fourth-order valence-corrected chi connectivity index (χ4v) is 3.35. The maximum atomic E-state index is 15.0. The first-order valence-corrected chi connectivity index (χ1v) is 12.6. The monoisotopic (exact) mass is 1030 g/mol. The molecule has 4 unspecified atom stereocenters. The van der Waals surface area contributed by atoms with Gasteiger partial charge in [0.1, 0.15) is 0 Å². The molecule has 62 heavy (non-hydrogen) atoms. The van der Waals surface area contributed by atoms with Gasteiger partial charge >= 0.3 is 108 Å². The quantitative estimate of drug-likeness (QED) is 0.166. The molecule has 1 N–H and O–H groups in total. The average molecular weight is 1030 g/mol. The van der Waals surface area contributed by atoms with E-state index in [-0.39, 0.29) is 0 Å². The molecule has 0 aliphatic heterocycles. The van der Waals surface area contributed by atoms with Crippen LogP contribution in [0.15, 0.2) is 0 Å². The van der Waals surface area contributed by atoms with Crippen LogP contribution in [-0.2, 0) is 14.2 Å². The van der Waals surface area contributed by atoms with Crippen LogP contribution in [0.4, 0.5) is 171 Å². The van der Waals surface area contributed by atoms with Crippen LogP contribution in [0, 0.1) is 0 Å². The van der Waals surface area contributed by atoms with E-state index in [1.165, 1.54) is 0 Å². The molecule has 0 aromatic heterocycles. The third kappa shape index (κ3) is 7.98. The Labute approximate surface area is 306 Å². The van der Waals surface area contributed by atoms with Gasteiger partial charge in [0.05, 0.1) is 0 Å². The van der Waals surface area contributed by atoms with E-state index in [1.54, 1.807) is 0 Å². The minimum Gasteiger partial charge on any atom is -0.371 e. The van der Waals surface area contributed by atoms with Gasteiger partial charge in [0.25, 0.3) is 5.60 Å². The van der Waals surface area contributed by atoms with Gasteiger partial charge in [-0.3, -0.25) is 14.2 Å². The zero-order chi connectivity index (χ0) is 51.6. The summed E-state index contributed by atoms with van der Waals surface area (Å²) in [5, 5.41) is 8.86. The van der Waals surface area contributed by atoms with E-state index in [1.807, 2.05) is 0 Å². The molecule has 0 saturated heterocycles. The van der Waals surface area contributed by atoms with Gasteiger partial charge in [-0.25, -0.2) is 0 Å². The third-order valence-electron chi connectivity index (χ3n) is 6.63. The van der Waals surface area contributed by atoms with Gasteiger partial charge in [-0.1, -0.05) is 0 Å². The molecule has 4 atom stereocenters. The van der Waals surface area contributed by atoms with Crippen LogP contribution in [-0.4, -0.2) is 119 Å². The standard InChI is InChI=1S/C19HF39O4/c20-2(21,3(22,23)4(24,25)5(26,27)6(28,29)12(38,39)40)1(59,11(35,36)37)8(32,14(44,45)46)60-18(55,56)10(34,16(50,51)52)62-19(57,58)9(33,15(47,48)49)61-17(53,54)7(30,31)13(41,42)43/h59H. The lowest BCUT2D eigenvalue weighted by atomic mass is 9.78. The van der Waals surface area contributed by atoms with Crippen molar-refractivity contribution in [1.82, 2.24) is 0 Å². The molecule has 0 radical (unpaired) electrons. The van der Waals surface area contributed by atoms with Crippen molar-refractivity contribution in [3.05, 3.63) is 0 Å². The molecule has 0 spiro atoms. The van der Waals surface area contributed by atoms with Gasteiger partial charge in [0.15, 0.2) is 0 Å². The van der Waals surface area contributed by atoms with Crippen LogP contribution in [0.1, 0.15) is 0 Å². The molecule has 0 bridgehead atoms. The first-order chi connectivity index (χ1) is 25.9. The topological polar surface area (TPSA) is 47.9 Å². The largest absolute Gasteiger partial charge is 0.462 e. The molecular formula is C19HF39O4. The molecule has 0 rings (SSSR count). The van der Waals surface area contributed by atoms with Gasteiger partial charge < -0.3 is 5.11 Å². The Hall–Kier alpha value is -2.89. The number of aliphatic hydroxyl groups is 1. The van der Waals surface area contributed by atoms with Crippen LogP contribution in [0.5, 0.6) is 0 Å². The Morgan fingerprint density at radius 2 is 0.403 bits per heavy atom. The Bertz CT molecular complexity index is 1590. The summed E-state index contributed by atoms with van der Waals surface area (Å²) >= 11 is 0. The van der Waals surface area contributed by atoms with E-state index < -0.39 is 114 Å². The van der Waals surface area contributed by atoms with Crippen molar-refractivity contribution in [3.63, 3.8) is 0 Å². The molecule has 0 heterocycles. The van der Waals surface area contributed by atoms with Crippen molar-refractivity contribution in [3.8, 4) is 0 Å². The first-order valence-electron chi connectivity index (χ1n) is 12.6. The SMILES string of the molecule is OC(C(F)(F)F)(C(F)(F)C(F)(F)C(F)(F)C(F)(F)C(F)(F)C(F)(F)F)C(F)(OC(F)(F)C(F)(OC(F)(F)C(F)(OC(F)(F)C(F)(F)C(F)(F)F)C(F)(F)F)C(F)(F)F)C(F)(F)F. The van der Waals surface area contributed by atoms with E-state index in [2.05, 4.69) is 0 Å². The Morgan fingerprint density at radius 1 is 0.194 bits per heavy atom. The lowest BCUT2D eigenvalue weighted by molar-refractivity contribution is -0.591. The average Bonchev–Trinajstić information content (AvgIpc) is 2.95. The van der Waals surface area contributed by atoms with Crippen molar-refractivity contribution in [2.24, 2.45) is 0 Å². The molecule has 43 heteroatoms. The summed E-state index contributed by atoms with van der Waals surface area (Å²) in [6.07, 6.45) is -83.4. The fourth-order valence-electron chi connectivity index (χ4n) is 3.35. The molecule has 0 aromatic rings. The second kappa shape index (κ2) is 14.6. The zero-order valence-electron chi connectivity index (χ0n) is 25.9. The maximum absolute atomic E-state index is 15.0. The highest BCUT2D eigenvalue weighted by Crippen LogP contribution is 2.68. The van der Waals surface area contributed by atoms with E-state index in [9.17, 15) is 171 Å². The van der Waals surface area contributed by atoms with Gasteiger partial charge in [0, 0.05) is 0 Å². The molecule has 0 amide bonds. The fraction of sp³-hybridized carbons (Fsp3) is 1.00. The molecule has 374 valence electrons. The van der Waals surface area contributed by atoms with Gasteiger partial charge in [0.2, 0.25) is 0 Å². The molecular weight excluding hydrogens is 1030 g/mol. The third-order valence-corrected chi connectivity index (χ3v) is 6.63.